The molecule has 3 rings (SSSR count). The van der Waals surface area contributed by atoms with Gasteiger partial charge in [0, 0.05) is 25.3 Å². The molecule has 1 heterocycles. The standard InChI is InChI=1S/C24H31N3O/c1-20-11-12-21(2)23(18-20)25-24(28)19-27-15-7-14-26(16-17-27)13-6-10-22-8-4-3-5-9-22/h3-6,8-12,18H,7,13-17,19H2,1-2H3,(H,25,28)/b10-6+. The second kappa shape index (κ2) is 10.2. The summed E-state index contributed by atoms with van der Waals surface area (Å²) < 4.78 is 0. The van der Waals surface area contributed by atoms with Gasteiger partial charge in [-0.15, -0.1) is 0 Å². The van der Waals surface area contributed by atoms with E-state index < -0.39 is 0 Å². The van der Waals surface area contributed by atoms with Crippen LogP contribution in [-0.2, 0) is 4.79 Å². The minimum atomic E-state index is 0.0751. The zero-order chi connectivity index (χ0) is 19.8. The molecule has 1 fully saturated rings. The summed E-state index contributed by atoms with van der Waals surface area (Å²) in [5.41, 5.74) is 4.43. The highest BCUT2D eigenvalue weighted by Crippen LogP contribution is 2.16. The number of hydrogen-bond acceptors (Lipinski definition) is 3. The SMILES string of the molecule is Cc1ccc(C)c(NC(=O)CN2CCCN(C/C=C/c3ccccc3)CC2)c1. The first kappa shape index (κ1) is 20.3. The van der Waals surface area contributed by atoms with E-state index in [2.05, 4.69) is 63.7 Å². The molecule has 0 unspecified atom stereocenters. The summed E-state index contributed by atoms with van der Waals surface area (Å²) in [6, 6.07) is 16.6. The Morgan fingerprint density at radius 3 is 2.57 bits per heavy atom. The fourth-order valence-electron chi connectivity index (χ4n) is 3.53. The molecular formula is C24H31N3O. The molecular weight excluding hydrogens is 346 g/mol. The first-order chi connectivity index (χ1) is 13.6. The molecule has 4 nitrogen and oxygen atoms in total. The first-order valence-corrected chi connectivity index (χ1v) is 10.1. The maximum atomic E-state index is 12.5. The van der Waals surface area contributed by atoms with Crippen LogP contribution >= 0.6 is 0 Å². The van der Waals surface area contributed by atoms with Gasteiger partial charge in [-0.3, -0.25) is 14.6 Å². The van der Waals surface area contributed by atoms with E-state index in [1.165, 1.54) is 5.56 Å². The molecule has 2 aromatic carbocycles. The molecule has 148 valence electrons. The Labute approximate surface area is 168 Å². The van der Waals surface area contributed by atoms with Crippen molar-refractivity contribution in [3.05, 3.63) is 71.3 Å². The summed E-state index contributed by atoms with van der Waals surface area (Å²) >= 11 is 0. The van der Waals surface area contributed by atoms with Gasteiger partial charge in [-0.25, -0.2) is 0 Å². The van der Waals surface area contributed by atoms with E-state index in [1.54, 1.807) is 0 Å². The molecule has 1 aliphatic heterocycles. The van der Waals surface area contributed by atoms with Gasteiger partial charge < -0.3 is 5.32 Å². The van der Waals surface area contributed by atoms with E-state index in [1.807, 2.05) is 26.0 Å². The molecule has 0 aromatic heterocycles. The second-order valence-corrected chi connectivity index (χ2v) is 7.61. The van der Waals surface area contributed by atoms with Crippen molar-refractivity contribution in [2.45, 2.75) is 20.3 Å². The van der Waals surface area contributed by atoms with Crippen LogP contribution in [0.25, 0.3) is 6.08 Å². The number of amides is 1. The van der Waals surface area contributed by atoms with Gasteiger partial charge in [0.15, 0.2) is 0 Å². The Balaban J connectivity index is 1.45. The number of nitrogens with one attached hydrogen (secondary N) is 1. The minimum Gasteiger partial charge on any atom is -0.325 e. The predicted octanol–water partition coefficient (Wildman–Crippen LogP) is 3.96. The Bertz CT molecular complexity index is 801. The van der Waals surface area contributed by atoms with Crippen LogP contribution in [0.2, 0.25) is 0 Å². The number of aryl methyl sites for hydroxylation is 2. The molecule has 2 aromatic rings. The smallest absolute Gasteiger partial charge is 0.238 e. The molecule has 0 atom stereocenters. The van der Waals surface area contributed by atoms with Crippen molar-refractivity contribution in [1.29, 1.82) is 0 Å². The lowest BCUT2D eigenvalue weighted by Crippen LogP contribution is -2.36. The van der Waals surface area contributed by atoms with Crippen LogP contribution in [0.3, 0.4) is 0 Å². The van der Waals surface area contributed by atoms with Gasteiger partial charge in [-0.1, -0.05) is 54.6 Å². The molecule has 4 heteroatoms. The Hall–Kier alpha value is -2.43. The summed E-state index contributed by atoms with van der Waals surface area (Å²) in [6.45, 7) is 9.47. The summed E-state index contributed by atoms with van der Waals surface area (Å²) in [4.78, 5) is 17.2. The van der Waals surface area contributed by atoms with E-state index in [4.69, 9.17) is 0 Å². The van der Waals surface area contributed by atoms with Crippen molar-refractivity contribution < 1.29 is 4.79 Å². The summed E-state index contributed by atoms with van der Waals surface area (Å²) in [7, 11) is 0. The van der Waals surface area contributed by atoms with E-state index in [9.17, 15) is 4.79 Å². The molecule has 0 radical (unpaired) electrons. The van der Waals surface area contributed by atoms with Crippen molar-refractivity contribution in [2.75, 3.05) is 44.6 Å². The van der Waals surface area contributed by atoms with Crippen molar-refractivity contribution in [1.82, 2.24) is 9.80 Å². The van der Waals surface area contributed by atoms with Crippen LogP contribution < -0.4 is 5.32 Å². The first-order valence-electron chi connectivity index (χ1n) is 10.1. The van der Waals surface area contributed by atoms with Gasteiger partial charge in [0.2, 0.25) is 5.91 Å². The number of hydrogen-bond donors (Lipinski definition) is 1. The lowest BCUT2D eigenvalue weighted by Gasteiger charge is -2.21. The lowest BCUT2D eigenvalue weighted by atomic mass is 10.1. The molecule has 1 saturated heterocycles. The van der Waals surface area contributed by atoms with Gasteiger partial charge in [0.25, 0.3) is 0 Å². The molecule has 0 bridgehead atoms. The lowest BCUT2D eigenvalue weighted by molar-refractivity contribution is -0.117. The average Bonchev–Trinajstić information content (AvgIpc) is 2.91. The van der Waals surface area contributed by atoms with E-state index in [0.29, 0.717) is 6.54 Å². The van der Waals surface area contributed by atoms with Crippen LogP contribution in [-0.4, -0.2) is 55.0 Å². The van der Waals surface area contributed by atoms with Crippen molar-refractivity contribution in [2.24, 2.45) is 0 Å². The van der Waals surface area contributed by atoms with E-state index >= 15 is 0 Å². The Morgan fingerprint density at radius 1 is 1.00 bits per heavy atom. The quantitative estimate of drug-likeness (QED) is 0.828. The molecule has 1 N–H and O–H groups in total. The normalized spacial score (nSPS) is 16.2. The van der Waals surface area contributed by atoms with Crippen LogP contribution in [0, 0.1) is 13.8 Å². The number of carbonyl (C=O) groups excluding carboxylic acids is 1. The highest BCUT2D eigenvalue weighted by Gasteiger charge is 2.16. The van der Waals surface area contributed by atoms with Crippen LogP contribution in [0.1, 0.15) is 23.1 Å². The zero-order valence-corrected chi connectivity index (χ0v) is 17.0. The number of nitrogens with zero attached hydrogens (tertiary/aromatic N) is 2. The van der Waals surface area contributed by atoms with Gasteiger partial charge in [0.1, 0.15) is 0 Å². The van der Waals surface area contributed by atoms with Crippen molar-refractivity contribution in [3.63, 3.8) is 0 Å². The highest BCUT2D eigenvalue weighted by molar-refractivity contribution is 5.93. The molecule has 0 saturated carbocycles. The predicted molar refractivity (Wildman–Crippen MR) is 118 cm³/mol. The van der Waals surface area contributed by atoms with Crippen molar-refractivity contribution in [3.8, 4) is 0 Å². The van der Waals surface area contributed by atoms with Crippen LogP contribution in [0.4, 0.5) is 5.69 Å². The van der Waals surface area contributed by atoms with E-state index in [-0.39, 0.29) is 5.91 Å². The van der Waals surface area contributed by atoms with Crippen LogP contribution in [0.15, 0.2) is 54.6 Å². The van der Waals surface area contributed by atoms with Gasteiger partial charge >= 0.3 is 0 Å². The maximum Gasteiger partial charge on any atom is 0.238 e. The number of carbonyl (C=O) groups is 1. The summed E-state index contributed by atoms with van der Waals surface area (Å²) in [6.07, 6.45) is 5.51. The molecule has 1 amide bonds. The molecule has 28 heavy (non-hydrogen) atoms. The molecule has 0 spiro atoms. The second-order valence-electron chi connectivity index (χ2n) is 7.61. The molecule has 0 aliphatic carbocycles. The highest BCUT2D eigenvalue weighted by atomic mass is 16.2. The number of anilines is 1. The maximum absolute atomic E-state index is 12.5. The zero-order valence-electron chi connectivity index (χ0n) is 17.0. The van der Waals surface area contributed by atoms with Gasteiger partial charge in [0.05, 0.1) is 6.54 Å². The number of rotatable bonds is 6. The summed E-state index contributed by atoms with van der Waals surface area (Å²) in [5, 5.41) is 3.08. The third-order valence-corrected chi connectivity index (χ3v) is 5.19. The molecule has 1 aliphatic rings. The van der Waals surface area contributed by atoms with Crippen molar-refractivity contribution >= 4 is 17.7 Å². The number of benzene rings is 2. The third kappa shape index (κ3) is 6.32. The monoisotopic (exact) mass is 377 g/mol. The Morgan fingerprint density at radius 2 is 1.75 bits per heavy atom. The topological polar surface area (TPSA) is 35.6 Å². The third-order valence-electron chi connectivity index (χ3n) is 5.19. The average molecular weight is 378 g/mol. The van der Waals surface area contributed by atoms with Gasteiger partial charge in [-0.2, -0.15) is 0 Å². The van der Waals surface area contributed by atoms with E-state index in [0.717, 1.165) is 56.0 Å². The van der Waals surface area contributed by atoms with Crippen LogP contribution in [0.5, 0.6) is 0 Å². The minimum absolute atomic E-state index is 0.0751. The fraction of sp³-hybridized carbons (Fsp3) is 0.375. The summed E-state index contributed by atoms with van der Waals surface area (Å²) in [5.74, 6) is 0.0751. The Kier molecular flexibility index (Phi) is 7.40. The van der Waals surface area contributed by atoms with Gasteiger partial charge in [-0.05, 0) is 56.1 Å². The largest absolute Gasteiger partial charge is 0.325 e. The fourth-order valence-corrected chi connectivity index (χ4v) is 3.53.